The topological polar surface area (TPSA) is 43.8 Å². The molecule has 2 unspecified atom stereocenters. The van der Waals surface area contributed by atoms with Gasteiger partial charge in [-0.25, -0.2) is 0 Å². The van der Waals surface area contributed by atoms with Crippen LogP contribution in [0.5, 0.6) is 0 Å². The van der Waals surface area contributed by atoms with Gasteiger partial charge in [0.15, 0.2) is 6.10 Å². The van der Waals surface area contributed by atoms with Crippen LogP contribution in [0.4, 0.5) is 11.4 Å². The first-order chi connectivity index (χ1) is 9.00. The Morgan fingerprint density at radius 3 is 2.74 bits per heavy atom. The Hall–Kier alpha value is -1.55. The normalized spacial score (nSPS) is 23.5. The number of aliphatic hydroxyl groups excluding tert-OH is 1. The van der Waals surface area contributed by atoms with Gasteiger partial charge in [-0.05, 0) is 37.8 Å². The Morgan fingerprint density at radius 2 is 2.11 bits per heavy atom. The Morgan fingerprint density at radius 1 is 1.42 bits per heavy atom. The number of hydrogen-bond donors (Lipinski definition) is 1. The fraction of sp³-hybridized carbons (Fsp3) is 0.533. The third-order valence-electron chi connectivity index (χ3n) is 4.56. The van der Waals surface area contributed by atoms with Crippen molar-refractivity contribution in [2.45, 2.75) is 31.9 Å². The summed E-state index contributed by atoms with van der Waals surface area (Å²) in [6, 6.07) is 6.38. The first-order valence-electron chi connectivity index (χ1n) is 6.83. The fourth-order valence-corrected chi connectivity index (χ4v) is 2.84. The zero-order valence-corrected chi connectivity index (χ0v) is 11.6. The summed E-state index contributed by atoms with van der Waals surface area (Å²) < 4.78 is 0. The van der Waals surface area contributed by atoms with Gasteiger partial charge in [0.25, 0.3) is 5.91 Å². The molecule has 1 aromatic rings. The first kappa shape index (κ1) is 12.5. The van der Waals surface area contributed by atoms with Gasteiger partial charge in [-0.3, -0.25) is 4.79 Å². The highest BCUT2D eigenvalue weighted by Crippen LogP contribution is 2.40. The molecule has 19 heavy (non-hydrogen) atoms. The van der Waals surface area contributed by atoms with Gasteiger partial charge in [-0.2, -0.15) is 0 Å². The van der Waals surface area contributed by atoms with E-state index in [0.29, 0.717) is 11.6 Å². The van der Waals surface area contributed by atoms with Crippen molar-refractivity contribution in [3.05, 3.63) is 23.8 Å². The van der Waals surface area contributed by atoms with E-state index in [-0.39, 0.29) is 5.91 Å². The summed E-state index contributed by atoms with van der Waals surface area (Å²) in [6.07, 6.45) is 1.63. The average molecular weight is 260 g/mol. The summed E-state index contributed by atoms with van der Waals surface area (Å²) in [5, 5.41) is 9.85. The molecule has 0 aromatic heterocycles. The third-order valence-corrected chi connectivity index (χ3v) is 4.56. The molecule has 0 saturated heterocycles. The highest BCUT2D eigenvalue weighted by Gasteiger charge is 2.35. The number of fused-ring (bicyclic) bond motifs is 1. The number of likely N-dealkylation sites (N-methyl/N-ethyl adjacent to an activating group) is 1. The summed E-state index contributed by atoms with van der Waals surface area (Å²) in [5.41, 5.74) is 2.64. The van der Waals surface area contributed by atoms with Crippen molar-refractivity contribution in [1.82, 2.24) is 0 Å². The molecule has 1 heterocycles. The molecule has 4 nitrogen and oxygen atoms in total. The minimum Gasteiger partial charge on any atom is -0.378 e. The van der Waals surface area contributed by atoms with E-state index in [9.17, 15) is 9.90 Å². The van der Waals surface area contributed by atoms with E-state index in [2.05, 4.69) is 18.9 Å². The summed E-state index contributed by atoms with van der Waals surface area (Å²) in [6.45, 7) is 2.24. The van der Waals surface area contributed by atoms with Gasteiger partial charge >= 0.3 is 0 Å². The number of aliphatic hydroxyl groups is 1. The lowest BCUT2D eigenvalue weighted by atomic mass is 10.1. The van der Waals surface area contributed by atoms with Gasteiger partial charge in [0.1, 0.15) is 0 Å². The quantitative estimate of drug-likeness (QED) is 0.903. The summed E-state index contributed by atoms with van der Waals surface area (Å²) in [7, 11) is 3.81. The van der Waals surface area contributed by atoms with Gasteiger partial charge in [0.05, 0.1) is 5.69 Å². The van der Waals surface area contributed by atoms with Crippen LogP contribution in [-0.2, 0) is 4.79 Å². The molecule has 1 fully saturated rings. The van der Waals surface area contributed by atoms with Crippen molar-refractivity contribution in [2.24, 2.45) is 5.92 Å². The first-order valence-corrected chi connectivity index (χ1v) is 6.83. The molecule has 1 aliphatic heterocycles. The van der Waals surface area contributed by atoms with E-state index < -0.39 is 6.10 Å². The molecule has 2 atom stereocenters. The molecule has 4 heteroatoms. The van der Waals surface area contributed by atoms with Crippen LogP contribution >= 0.6 is 0 Å². The van der Waals surface area contributed by atoms with Crippen LogP contribution in [0.25, 0.3) is 0 Å². The summed E-state index contributed by atoms with van der Waals surface area (Å²) in [4.78, 5) is 15.6. The van der Waals surface area contributed by atoms with E-state index in [4.69, 9.17) is 0 Å². The van der Waals surface area contributed by atoms with Crippen LogP contribution in [0.2, 0.25) is 0 Å². The second-order valence-electron chi connectivity index (χ2n) is 5.73. The van der Waals surface area contributed by atoms with Gasteiger partial charge < -0.3 is 14.9 Å². The van der Waals surface area contributed by atoms with Crippen molar-refractivity contribution < 1.29 is 9.90 Å². The number of benzene rings is 1. The molecule has 1 amide bonds. The average Bonchev–Trinajstić information content (AvgIpc) is 3.24. The van der Waals surface area contributed by atoms with E-state index in [0.717, 1.165) is 17.3 Å². The van der Waals surface area contributed by atoms with Gasteiger partial charge in [0, 0.05) is 31.4 Å². The zero-order chi connectivity index (χ0) is 13.7. The van der Waals surface area contributed by atoms with Gasteiger partial charge in [0.2, 0.25) is 0 Å². The Bertz CT molecular complexity index is 525. The molecule has 1 saturated carbocycles. The summed E-state index contributed by atoms with van der Waals surface area (Å²) in [5.74, 6) is 0.549. The molecule has 1 aliphatic carbocycles. The van der Waals surface area contributed by atoms with Crippen molar-refractivity contribution in [2.75, 3.05) is 23.9 Å². The molecule has 2 aliphatic rings. The monoisotopic (exact) mass is 260 g/mol. The Kier molecular flexibility index (Phi) is 2.78. The minimum absolute atomic E-state index is 0.245. The Labute approximate surface area is 113 Å². The number of rotatable bonds is 3. The number of carbonyl (C=O) groups excluding carboxylic acids is 1. The molecule has 1 aromatic carbocycles. The minimum atomic E-state index is -1.000. The standard InChI is InChI=1S/C15H20N2O2/c1-9(10-4-5-10)16(2)11-6-7-12-13(8-11)17(3)15(19)14(12)18/h6-10,14,18H,4-5H2,1-3H3. The largest absolute Gasteiger partial charge is 0.378 e. The van der Waals surface area contributed by atoms with Crippen molar-refractivity contribution >= 4 is 17.3 Å². The second-order valence-corrected chi connectivity index (χ2v) is 5.73. The molecule has 3 rings (SSSR count). The molecule has 1 N–H and O–H groups in total. The summed E-state index contributed by atoms with van der Waals surface area (Å²) >= 11 is 0. The highest BCUT2D eigenvalue weighted by molar-refractivity contribution is 6.03. The number of anilines is 2. The number of hydrogen-bond acceptors (Lipinski definition) is 3. The highest BCUT2D eigenvalue weighted by atomic mass is 16.3. The predicted molar refractivity (Wildman–Crippen MR) is 75.4 cm³/mol. The predicted octanol–water partition coefficient (Wildman–Crippen LogP) is 1.93. The maximum atomic E-state index is 11.8. The fourth-order valence-electron chi connectivity index (χ4n) is 2.84. The van der Waals surface area contributed by atoms with Gasteiger partial charge in [-0.15, -0.1) is 0 Å². The van der Waals surface area contributed by atoms with Crippen molar-refractivity contribution in [3.63, 3.8) is 0 Å². The lowest BCUT2D eigenvalue weighted by Gasteiger charge is -2.28. The van der Waals surface area contributed by atoms with Crippen LogP contribution in [0.3, 0.4) is 0 Å². The SMILES string of the molecule is CC(C1CC1)N(C)c1ccc2c(c1)N(C)C(=O)C2O. The van der Waals surface area contributed by atoms with E-state index in [1.165, 1.54) is 12.8 Å². The number of carbonyl (C=O) groups is 1. The molecule has 0 bridgehead atoms. The van der Waals surface area contributed by atoms with Gasteiger partial charge in [-0.1, -0.05) is 6.07 Å². The van der Waals surface area contributed by atoms with Crippen LogP contribution in [0, 0.1) is 5.92 Å². The van der Waals surface area contributed by atoms with Crippen molar-refractivity contribution in [1.29, 1.82) is 0 Å². The lowest BCUT2D eigenvalue weighted by molar-refractivity contribution is -0.125. The lowest BCUT2D eigenvalue weighted by Crippen LogP contribution is -2.30. The molecule has 0 radical (unpaired) electrons. The van der Waals surface area contributed by atoms with Crippen LogP contribution in [0.1, 0.15) is 31.4 Å². The zero-order valence-electron chi connectivity index (χ0n) is 11.6. The van der Waals surface area contributed by atoms with E-state index >= 15 is 0 Å². The van der Waals surface area contributed by atoms with E-state index in [1.807, 2.05) is 18.2 Å². The molecule has 102 valence electrons. The maximum absolute atomic E-state index is 11.8. The molecule has 0 spiro atoms. The maximum Gasteiger partial charge on any atom is 0.260 e. The Balaban J connectivity index is 1.91. The molecular formula is C15H20N2O2. The second kappa shape index (κ2) is 4.23. The number of nitrogens with zero attached hydrogens (tertiary/aromatic N) is 2. The van der Waals surface area contributed by atoms with Crippen molar-refractivity contribution in [3.8, 4) is 0 Å². The van der Waals surface area contributed by atoms with Crippen LogP contribution in [-0.4, -0.2) is 31.2 Å². The molecular weight excluding hydrogens is 240 g/mol. The van der Waals surface area contributed by atoms with E-state index in [1.54, 1.807) is 11.9 Å². The smallest absolute Gasteiger partial charge is 0.260 e. The number of amides is 1. The van der Waals surface area contributed by atoms with Crippen LogP contribution in [0.15, 0.2) is 18.2 Å². The third kappa shape index (κ3) is 1.91. The van der Waals surface area contributed by atoms with Crippen LogP contribution < -0.4 is 9.80 Å².